The van der Waals surface area contributed by atoms with Crippen LogP contribution in [0.4, 0.5) is 13.2 Å². The van der Waals surface area contributed by atoms with Gasteiger partial charge in [-0.3, -0.25) is 0 Å². The van der Waals surface area contributed by atoms with Crippen LogP contribution in [0.3, 0.4) is 0 Å². The van der Waals surface area contributed by atoms with E-state index in [4.69, 9.17) is 4.84 Å². The smallest absolute Gasteiger partial charge is 0.337 e. The number of carbonyl (C=O) groups is 1. The van der Waals surface area contributed by atoms with E-state index in [1.54, 1.807) is 12.1 Å². The zero-order chi connectivity index (χ0) is 22.2. The van der Waals surface area contributed by atoms with Crippen LogP contribution in [0.25, 0.3) is 22.0 Å². The van der Waals surface area contributed by atoms with Gasteiger partial charge in [-0.05, 0) is 65.6 Å². The van der Waals surface area contributed by atoms with E-state index in [0.717, 1.165) is 35.4 Å². The molecule has 0 amide bonds. The molecule has 6 heteroatoms. The van der Waals surface area contributed by atoms with Gasteiger partial charge in [0.1, 0.15) is 0 Å². The van der Waals surface area contributed by atoms with Crippen molar-refractivity contribution in [1.29, 1.82) is 0 Å². The molecule has 0 spiro atoms. The van der Waals surface area contributed by atoms with Crippen molar-refractivity contribution in [2.45, 2.75) is 58.0 Å². The first kappa shape index (κ1) is 21.5. The van der Waals surface area contributed by atoms with Gasteiger partial charge in [-0.25, -0.2) is 4.79 Å². The Balaban J connectivity index is 1.81. The maximum absolute atomic E-state index is 13.2. The van der Waals surface area contributed by atoms with Gasteiger partial charge in [0.2, 0.25) is 0 Å². The van der Waals surface area contributed by atoms with Crippen LogP contribution in [0, 0.1) is 5.92 Å². The highest BCUT2D eigenvalue weighted by Gasteiger charge is 2.30. The van der Waals surface area contributed by atoms with E-state index in [2.05, 4.69) is 6.92 Å². The molecule has 0 saturated heterocycles. The van der Waals surface area contributed by atoms with E-state index in [1.165, 1.54) is 43.0 Å². The van der Waals surface area contributed by atoms with E-state index in [1.807, 2.05) is 18.3 Å². The summed E-state index contributed by atoms with van der Waals surface area (Å²) in [6.45, 7) is 3.55. The predicted molar refractivity (Wildman–Crippen MR) is 115 cm³/mol. The van der Waals surface area contributed by atoms with Crippen LogP contribution < -0.4 is 4.84 Å². The molecule has 164 valence electrons. The number of rotatable bonds is 4. The minimum absolute atomic E-state index is 0.261. The number of aromatic nitrogens is 1. The fourth-order valence-electron chi connectivity index (χ4n) is 4.74. The number of halogens is 3. The van der Waals surface area contributed by atoms with Crippen LogP contribution in [0.5, 0.6) is 0 Å². The molecule has 0 N–H and O–H groups in total. The lowest BCUT2D eigenvalue weighted by molar-refractivity contribution is -0.141. The second-order valence-corrected chi connectivity index (χ2v) is 8.49. The highest BCUT2D eigenvalue weighted by molar-refractivity contribution is 5.89. The van der Waals surface area contributed by atoms with Crippen molar-refractivity contribution in [3.05, 3.63) is 59.8 Å². The second-order valence-electron chi connectivity index (χ2n) is 8.49. The molecule has 1 aliphatic carbocycles. The lowest BCUT2D eigenvalue weighted by Crippen LogP contribution is -2.16. The van der Waals surface area contributed by atoms with Gasteiger partial charge >= 0.3 is 12.1 Å². The molecule has 2 aromatic carbocycles. The summed E-state index contributed by atoms with van der Waals surface area (Å²) >= 11 is 0. The maximum atomic E-state index is 13.2. The van der Waals surface area contributed by atoms with E-state index in [9.17, 15) is 18.0 Å². The largest absolute Gasteiger partial charge is 0.416 e. The summed E-state index contributed by atoms with van der Waals surface area (Å²) in [4.78, 5) is 17.0. The van der Waals surface area contributed by atoms with Gasteiger partial charge in [0.15, 0.2) is 0 Å². The average molecular weight is 429 g/mol. The van der Waals surface area contributed by atoms with Gasteiger partial charge in [0.25, 0.3) is 0 Å². The molecule has 4 rings (SSSR count). The molecule has 1 saturated carbocycles. The van der Waals surface area contributed by atoms with E-state index < -0.39 is 17.7 Å². The first-order valence-electron chi connectivity index (χ1n) is 10.8. The standard InChI is InChI=1S/C25H26F3NO2/c1-16(18-7-4-3-5-8-18)23-15-29(31-17(2)30)24-12-11-20(14-22(23)24)19-9-6-10-21(13-19)25(26,27)28/h6,9-16,18H,3-5,7-8H2,1-2H3. The SMILES string of the molecule is CC(=O)On1cc(C(C)C2CCCCC2)c2cc(-c3cccc(C(F)(F)F)c3)ccc21. The van der Waals surface area contributed by atoms with Crippen molar-refractivity contribution in [3.8, 4) is 11.1 Å². The summed E-state index contributed by atoms with van der Waals surface area (Å²) < 4.78 is 41.0. The lowest BCUT2D eigenvalue weighted by Gasteiger charge is -2.27. The molecule has 1 heterocycles. The fraction of sp³-hybridized carbons (Fsp3) is 0.400. The summed E-state index contributed by atoms with van der Waals surface area (Å²) in [5.74, 6) is 0.384. The molecule has 31 heavy (non-hydrogen) atoms. The summed E-state index contributed by atoms with van der Waals surface area (Å²) in [6, 6.07) is 10.9. The zero-order valence-corrected chi connectivity index (χ0v) is 17.7. The van der Waals surface area contributed by atoms with Gasteiger partial charge in [-0.2, -0.15) is 17.9 Å². The molecule has 1 fully saturated rings. The van der Waals surface area contributed by atoms with Crippen LogP contribution in [-0.4, -0.2) is 10.7 Å². The van der Waals surface area contributed by atoms with Gasteiger partial charge in [0.05, 0.1) is 11.1 Å². The van der Waals surface area contributed by atoms with E-state index >= 15 is 0 Å². The number of fused-ring (bicyclic) bond motifs is 1. The molecule has 0 aliphatic heterocycles. The van der Waals surface area contributed by atoms with Crippen molar-refractivity contribution in [3.63, 3.8) is 0 Å². The number of alkyl halides is 3. The number of hydrogen-bond donors (Lipinski definition) is 0. The first-order valence-corrected chi connectivity index (χ1v) is 10.8. The Morgan fingerprint density at radius 2 is 1.77 bits per heavy atom. The van der Waals surface area contributed by atoms with Crippen LogP contribution in [-0.2, 0) is 11.0 Å². The third kappa shape index (κ3) is 4.48. The summed E-state index contributed by atoms with van der Waals surface area (Å²) in [5.41, 5.74) is 2.35. The van der Waals surface area contributed by atoms with Crippen LogP contribution in [0.2, 0.25) is 0 Å². The molecule has 3 nitrogen and oxygen atoms in total. The molecule has 1 aliphatic rings. The summed E-state index contributed by atoms with van der Waals surface area (Å²) in [5, 5.41) is 0.911. The van der Waals surface area contributed by atoms with Crippen LogP contribution >= 0.6 is 0 Å². The predicted octanol–water partition coefficient (Wildman–Crippen LogP) is 6.99. The van der Waals surface area contributed by atoms with Crippen molar-refractivity contribution in [2.24, 2.45) is 5.92 Å². The molecule has 0 radical (unpaired) electrons. The number of benzene rings is 2. The molecule has 1 aromatic heterocycles. The Morgan fingerprint density at radius 1 is 1.06 bits per heavy atom. The Bertz CT molecular complexity index is 1090. The van der Waals surface area contributed by atoms with Gasteiger partial charge in [-0.1, -0.05) is 44.4 Å². The maximum Gasteiger partial charge on any atom is 0.416 e. The summed E-state index contributed by atoms with van der Waals surface area (Å²) in [6.07, 6.45) is 3.49. The van der Waals surface area contributed by atoms with Gasteiger partial charge in [0, 0.05) is 18.5 Å². The Kier molecular flexibility index (Phi) is 5.82. The Hall–Kier alpha value is -2.76. The second kappa shape index (κ2) is 8.40. The fourth-order valence-corrected chi connectivity index (χ4v) is 4.74. The first-order chi connectivity index (χ1) is 14.7. The molecular formula is C25H26F3NO2. The average Bonchev–Trinajstić information content (AvgIpc) is 3.10. The minimum Gasteiger partial charge on any atom is -0.337 e. The highest BCUT2D eigenvalue weighted by Crippen LogP contribution is 2.40. The van der Waals surface area contributed by atoms with Crippen molar-refractivity contribution in [2.75, 3.05) is 0 Å². The van der Waals surface area contributed by atoms with Crippen molar-refractivity contribution < 1.29 is 22.8 Å². The van der Waals surface area contributed by atoms with Gasteiger partial charge < -0.3 is 4.84 Å². The van der Waals surface area contributed by atoms with Crippen LogP contribution in [0.1, 0.15) is 63.0 Å². The lowest BCUT2D eigenvalue weighted by atomic mass is 9.77. The quantitative estimate of drug-likeness (QED) is 0.448. The monoisotopic (exact) mass is 429 g/mol. The third-order valence-electron chi connectivity index (χ3n) is 6.40. The number of hydrogen-bond acceptors (Lipinski definition) is 2. The van der Waals surface area contributed by atoms with Crippen molar-refractivity contribution >= 4 is 16.9 Å². The molecule has 0 bridgehead atoms. The molecule has 1 atom stereocenters. The minimum atomic E-state index is -4.39. The number of nitrogens with zero attached hydrogens (tertiary/aromatic N) is 1. The third-order valence-corrected chi connectivity index (χ3v) is 6.40. The van der Waals surface area contributed by atoms with Gasteiger partial charge in [-0.15, -0.1) is 0 Å². The molecule has 3 aromatic rings. The molecule has 1 unspecified atom stereocenters. The Labute approximate surface area is 179 Å². The number of carbonyl (C=O) groups excluding carboxylic acids is 1. The van der Waals surface area contributed by atoms with Crippen molar-refractivity contribution in [1.82, 2.24) is 4.73 Å². The normalized spacial score (nSPS) is 16.4. The van der Waals surface area contributed by atoms with E-state index in [0.29, 0.717) is 17.0 Å². The van der Waals surface area contributed by atoms with Crippen LogP contribution in [0.15, 0.2) is 48.7 Å². The summed E-state index contributed by atoms with van der Waals surface area (Å²) in [7, 11) is 0. The topological polar surface area (TPSA) is 31.2 Å². The zero-order valence-electron chi connectivity index (χ0n) is 17.7. The Morgan fingerprint density at radius 3 is 2.45 bits per heavy atom. The highest BCUT2D eigenvalue weighted by atomic mass is 19.4. The molecular weight excluding hydrogens is 403 g/mol. The van der Waals surface area contributed by atoms with E-state index in [-0.39, 0.29) is 5.92 Å².